The van der Waals surface area contributed by atoms with Crippen molar-refractivity contribution in [3.05, 3.63) is 29.8 Å². The molecule has 1 aromatic rings. The van der Waals surface area contributed by atoms with Gasteiger partial charge in [-0.2, -0.15) is 0 Å². The summed E-state index contributed by atoms with van der Waals surface area (Å²) in [5.41, 5.74) is 1.21. The molecular weight excluding hydrogens is 202 g/mol. The van der Waals surface area contributed by atoms with Crippen molar-refractivity contribution in [1.82, 2.24) is 5.32 Å². The van der Waals surface area contributed by atoms with Gasteiger partial charge in [-0.05, 0) is 37.5 Å². The molecule has 0 unspecified atom stereocenters. The number of ether oxygens (including phenoxy) is 1. The minimum absolute atomic E-state index is 0.323. The Bertz CT molecular complexity index is 317. The molecule has 1 fully saturated rings. The Kier molecular flexibility index (Phi) is 3.80. The van der Waals surface area contributed by atoms with Crippen LogP contribution in [0, 0.1) is 0 Å². The Balaban J connectivity index is 1.67. The molecule has 3 nitrogen and oxygen atoms in total. The summed E-state index contributed by atoms with van der Waals surface area (Å²) in [7, 11) is 0. The summed E-state index contributed by atoms with van der Waals surface area (Å²) >= 11 is 0. The molecule has 1 aromatic carbocycles. The highest BCUT2D eigenvalue weighted by molar-refractivity contribution is 5.25. The lowest BCUT2D eigenvalue weighted by Gasteiger charge is -2.35. The second-order valence-electron chi connectivity index (χ2n) is 4.29. The first-order chi connectivity index (χ1) is 7.78. The van der Waals surface area contributed by atoms with Crippen LogP contribution in [0.3, 0.4) is 0 Å². The molecule has 0 spiro atoms. The van der Waals surface area contributed by atoms with Crippen molar-refractivity contribution in [2.24, 2.45) is 0 Å². The van der Waals surface area contributed by atoms with Gasteiger partial charge in [-0.25, -0.2) is 0 Å². The standard InChI is InChI=1S/C13H19NO2/c1-2-16-13-7-11(8-13)14-9-10-3-5-12(15)6-4-10/h3-6,11,13-15H,2,7-9H2,1H3. The van der Waals surface area contributed by atoms with Gasteiger partial charge in [-0.3, -0.25) is 0 Å². The van der Waals surface area contributed by atoms with E-state index in [0.717, 1.165) is 26.0 Å². The molecule has 0 amide bonds. The lowest BCUT2D eigenvalue weighted by Crippen LogP contribution is -2.45. The maximum atomic E-state index is 9.15. The maximum Gasteiger partial charge on any atom is 0.115 e. The molecule has 2 rings (SSSR count). The molecule has 16 heavy (non-hydrogen) atoms. The average molecular weight is 221 g/mol. The van der Waals surface area contributed by atoms with Gasteiger partial charge in [0.05, 0.1) is 6.10 Å². The average Bonchev–Trinajstić information content (AvgIpc) is 2.24. The number of rotatable bonds is 5. The fourth-order valence-electron chi connectivity index (χ4n) is 1.98. The molecule has 0 radical (unpaired) electrons. The second kappa shape index (κ2) is 5.32. The predicted octanol–water partition coefficient (Wildman–Crippen LogP) is 2.05. The third-order valence-corrected chi connectivity index (χ3v) is 3.03. The Morgan fingerprint density at radius 3 is 2.62 bits per heavy atom. The van der Waals surface area contributed by atoms with Crippen LogP contribution in [0.4, 0.5) is 0 Å². The zero-order valence-electron chi connectivity index (χ0n) is 9.65. The summed E-state index contributed by atoms with van der Waals surface area (Å²) in [5, 5.41) is 12.6. The van der Waals surface area contributed by atoms with Gasteiger partial charge in [-0.1, -0.05) is 12.1 Å². The van der Waals surface area contributed by atoms with Crippen molar-refractivity contribution in [3.8, 4) is 5.75 Å². The second-order valence-corrected chi connectivity index (χ2v) is 4.29. The quantitative estimate of drug-likeness (QED) is 0.799. The van der Waals surface area contributed by atoms with Crippen LogP contribution in [-0.4, -0.2) is 23.9 Å². The Labute approximate surface area is 96.4 Å². The molecule has 1 aliphatic rings. The number of nitrogens with one attached hydrogen (secondary N) is 1. The van der Waals surface area contributed by atoms with Crippen LogP contribution in [0.1, 0.15) is 25.3 Å². The molecule has 0 aliphatic heterocycles. The topological polar surface area (TPSA) is 41.5 Å². The van der Waals surface area contributed by atoms with E-state index in [1.807, 2.05) is 19.1 Å². The van der Waals surface area contributed by atoms with Crippen LogP contribution < -0.4 is 5.32 Å². The molecule has 0 heterocycles. The minimum atomic E-state index is 0.323. The van der Waals surface area contributed by atoms with E-state index in [1.54, 1.807) is 12.1 Å². The molecule has 2 N–H and O–H groups in total. The Hall–Kier alpha value is -1.06. The first-order valence-electron chi connectivity index (χ1n) is 5.91. The predicted molar refractivity (Wildman–Crippen MR) is 63.4 cm³/mol. The van der Waals surface area contributed by atoms with Crippen LogP contribution in [0.25, 0.3) is 0 Å². The van der Waals surface area contributed by atoms with E-state index in [1.165, 1.54) is 5.56 Å². The van der Waals surface area contributed by atoms with Crippen molar-refractivity contribution in [2.45, 2.75) is 38.5 Å². The lowest BCUT2D eigenvalue weighted by molar-refractivity contribution is -0.0102. The van der Waals surface area contributed by atoms with Gasteiger partial charge < -0.3 is 15.2 Å². The SMILES string of the molecule is CCOC1CC(NCc2ccc(O)cc2)C1. The monoisotopic (exact) mass is 221 g/mol. The van der Waals surface area contributed by atoms with Gasteiger partial charge in [0.25, 0.3) is 0 Å². The number of hydrogen-bond acceptors (Lipinski definition) is 3. The van der Waals surface area contributed by atoms with Crippen molar-refractivity contribution in [2.75, 3.05) is 6.61 Å². The van der Waals surface area contributed by atoms with Gasteiger partial charge in [-0.15, -0.1) is 0 Å². The van der Waals surface area contributed by atoms with Crippen molar-refractivity contribution >= 4 is 0 Å². The Morgan fingerprint density at radius 2 is 2.00 bits per heavy atom. The van der Waals surface area contributed by atoms with Crippen molar-refractivity contribution < 1.29 is 9.84 Å². The van der Waals surface area contributed by atoms with E-state index in [0.29, 0.717) is 17.9 Å². The van der Waals surface area contributed by atoms with Crippen LogP contribution in [0.2, 0.25) is 0 Å². The Morgan fingerprint density at radius 1 is 1.31 bits per heavy atom. The lowest BCUT2D eigenvalue weighted by atomic mass is 9.89. The van der Waals surface area contributed by atoms with Gasteiger partial charge in [0.2, 0.25) is 0 Å². The molecule has 88 valence electrons. The summed E-state index contributed by atoms with van der Waals surface area (Å²) in [6.45, 7) is 3.72. The van der Waals surface area contributed by atoms with E-state index in [4.69, 9.17) is 9.84 Å². The number of phenolic OH excluding ortho intramolecular Hbond substituents is 1. The number of phenols is 1. The molecule has 1 aliphatic carbocycles. The van der Waals surface area contributed by atoms with Crippen LogP contribution in [-0.2, 0) is 11.3 Å². The summed E-state index contributed by atoms with van der Waals surface area (Å²) in [5.74, 6) is 0.323. The van der Waals surface area contributed by atoms with E-state index in [-0.39, 0.29) is 0 Å². The number of hydrogen-bond donors (Lipinski definition) is 2. The zero-order valence-corrected chi connectivity index (χ0v) is 9.65. The minimum Gasteiger partial charge on any atom is -0.508 e. The summed E-state index contributed by atoms with van der Waals surface area (Å²) in [6.07, 6.45) is 2.69. The van der Waals surface area contributed by atoms with Gasteiger partial charge >= 0.3 is 0 Å². The van der Waals surface area contributed by atoms with Gasteiger partial charge in [0.1, 0.15) is 5.75 Å². The molecule has 0 atom stereocenters. The highest BCUT2D eigenvalue weighted by atomic mass is 16.5. The van der Waals surface area contributed by atoms with Crippen molar-refractivity contribution in [1.29, 1.82) is 0 Å². The van der Waals surface area contributed by atoms with Crippen LogP contribution >= 0.6 is 0 Å². The first kappa shape index (κ1) is 11.4. The van der Waals surface area contributed by atoms with Gasteiger partial charge in [0.15, 0.2) is 0 Å². The van der Waals surface area contributed by atoms with E-state index >= 15 is 0 Å². The third kappa shape index (κ3) is 2.97. The normalized spacial score (nSPS) is 24.1. The summed E-state index contributed by atoms with van der Waals surface area (Å²) < 4.78 is 5.50. The fraction of sp³-hybridized carbons (Fsp3) is 0.538. The van der Waals surface area contributed by atoms with Gasteiger partial charge in [0, 0.05) is 19.2 Å². The van der Waals surface area contributed by atoms with E-state index in [2.05, 4.69) is 5.32 Å². The smallest absolute Gasteiger partial charge is 0.115 e. The number of benzene rings is 1. The summed E-state index contributed by atoms with van der Waals surface area (Å²) in [6, 6.07) is 7.93. The molecule has 1 saturated carbocycles. The largest absolute Gasteiger partial charge is 0.508 e. The first-order valence-corrected chi connectivity index (χ1v) is 5.91. The van der Waals surface area contributed by atoms with Crippen molar-refractivity contribution in [3.63, 3.8) is 0 Å². The van der Waals surface area contributed by atoms with Crippen LogP contribution in [0.15, 0.2) is 24.3 Å². The third-order valence-electron chi connectivity index (χ3n) is 3.03. The summed E-state index contributed by atoms with van der Waals surface area (Å²) in [4.78, 5) is 0. The highest BCUT2D eigenvalue weighted by Crippen LogP contribution is 2.23. The van der Waals surface area contributed by atoms with Crippen LogP contribution in [0.5, 0.6) is 5.75 Å². The molecule has 0 bridgehead atoms. The molecule has 3 heteroatoms. The molecule has 0 aromatic heterocycles. The highest BCUT2D eigenvalue weighted by Gasteiger charge is 2.28. The molecule has 0 saturated heterocycles. The molecular formula is C13H19NO2. The zero-order chi connectivity index (χ0) is 11.4. The van der Waals surface area contributed by atoms with E-state index in [9.17, 15) is 0 Å². The number of aromatic hydroxyl groups is 1. The fourth-order valence-corrected chi connectivity index (χ4v) is 1.98. The maximum absolute atomic E-state index is 9.15. The van der Waals surface area contributed by atoms with E-state index < -0.39 is 0 Å².